The third kappa shape index (κ3) is 6.86. The molecule has 0 fully saturated rings. The quantitative estimate of drug-likeness (QED) is 0.0967. The van der Waals surface area contributed by atoms with Crippen LogP contribution in [0.2, 0.25) is 25.1 Å². The van der Waals surface area contributed by atoms with Crippen LogP contribution in [0.1, 0.15) is 97.0 Å². The number of Topliss-reactive ketones (excluding diaryl/α,β-unsaturated/α-hetero) is 6. The fourth-order valence-electron chi connectivity index (χ4n) is 6.66. The van der Waals surface area contributed by atoms with E-state index in [9.17, 15) is 28.8 Å². The number of pyridine rings is 3. The number of fused-ring (bicyclic) bond motifs is 3. The van der Waals surface area contributed by atoms with Gasteiger partial charge < -0.3 is 0 Å². The first-order chi connectivity index (χ1) is 26.9. The fraction of sp³-hybridized carbons (Fsp3) is 0.0714. The average Bonchev–Trinajstić information content (AvgIpc) is 3.75. The molecule has 1 atom stereocenters. The largest absolute Gasteiger partial charge is 0.293 e. The van der Waals surface area contributed by atoms with Crippen molar-refractivity contribution in [2.45, 2.75) is 17.8 Å². The van der Waals surface area contributed by atoms with Crippen molar-refractivity contribution >= 4 is 92.7 Å². The lowest BCUT2D eigenvalue weighted by molar-refractivity contribution is 0.0872. The number of rotatable bonds is 3. The Morgan fingerprint density at radius 2 is 0.696 bits per heavy atom. The lowest BCUT2D eigenvalue weighted by atomic mass is 9.99. The molecule has 0 N–H and O–H groups in total. The van der Waals surface area contributed by atoms with Crippen LogP contribution in [0.5, 0.6) is 0 Å². The number of aromatic nitrogens is 3. The molecule has 3 aromatic carbocycles. The van der Waals surface area contributed by atoms with Crippen LogP contribution in [0.25, 0.3) is 0 Å². The molecule has 3 aliphatic rings. The summed E-state index contributed by atoms with van der Waals surface area (Å²) in [5.41, 5.74) is 3.21. The van der Waals surface area contributed by atoms with Crippen LogP contribution >= 0.6 is 58.0 Å². The number of nitrogens with zero attached hydrogens (tertiary/aromatic N) is 3. The van der Waals surface area contributed by atoms with Gasteiger partial charge in [0.15, 0.2) is 34.7 Å². The number of carbonyl (C=O) groups is 6. The van der Waals surface area contributed by atoms with Gasteiger partial charge in [0.25, 0.3) is 0 Å². The number of hydrogen-bond donors (Lipinski definition) is 0. The number of halogens is 5. The maximum absolute atomic E-state index is 12.5. The van der Waals surface area contributed by atoms with Crippen LogP contribution in [0, 0.1) is 0 Å². The summed E-state index contributed by atoms with van der Waals surface area (Å²) in [6.07, 6.45) is 4.67. The number of carbonyl (C=O) groups excluding carboxylic acids is 6. The van der Waals surface area contributed by atoms with Gasteiger partial charge in [0.05, 0.1) is 48.3 Å². The molecule has 14 heteroatoms. The summed E-state index contributed by atoms with van der Waals surface area (Å²) in [5, 5.41) is 0.266. The molecule has 0 amide bonds. The first-order valence-corrected chi connectivity index (χ1v) is 18.5. The molecule has 0 aliphatic heterocycles. The lowest BCUT2D eigenvalue weighted by Gasteiger charge is -2.07. The summed E-state index contributed by atoms with van der Waals surface area (Å²) in [6, 6.07) is 27.1. The topological polar surface area (TPSA) is 141 Å². The van der Waals surface area contributed by atoms with E-state index in [0.717, 1.165) is 0 Å². The smallest absolute Gasteiger partial charge is 0.182 e. The Balaban J connectivity index is 0.000000129. The first-order valence-electron chi connectivity index (χ1n) is 16.6. The second-order valence-corrected chi connectivity index (χ2v) is 14.4. The molecular weight excluding hydrogens is 820 g/mol. The Morgan fingerprint density at radius 1 is 0.357 bits per heavy atom. The molecule has 6 aromatic rings. The Morgan fingerprint density at radius 3 is 1.07 bits per heavy atom. The molecule has 3 aromatic heterocycles. The molecule has 9 rings (SSSR count). The maximum atomic E-state index is 12.5. The van der Waals surface area contributed by atoms with Gasteiger partial charge in [-0.2, -0.15) is 0 Å². The molecule has 56 heavy (non-hydrogen) atoms. The zero-order valence-electron chi connectivity index (χ0n) is 28.4. The third-order valence-electron chi connectivity index (χ3n) is 9.25. The van der Waals surface area contributed by atoms with Crippen LogP contribution in [-0.4, -0.2) is 49.7 Å². The lowest BCUT2D eigenvalue weighted by Crippen LogP contribution is -2.14. The highest BCUT2D eigenvalue weighted by Crippen LogP contribution is 2.48. The van der Waals surface area contributed by atoms with E-state index in [4.69, 9.17) is 58.0 Å². The van der Waals surface area contributed by atoms with Gasteiger partial charge in [0, 0.05) is 45.9 Å². The van der Waals surface area contributed by atoms with Crippen molar-refractivity contribution in [2.75, 3.05) is 0 Å². The second-order valence-electron chi connectivity index (χ2n) is 12.5. The summed E-state index contributed by atoms with van der Waals surface area (Å²) in [7, 11) is 0. The SMILES string of the molecule is O=C1c2c(Cl)c(Cl)c(Cl)c(Cl)c2C(=O)C1c1ccccn1.O=C1c2ccc(Cl)cc2C(=O)C1c1ccccn1.O=C1c2ccccc2C(=O)C1c1ccccn1. The molecule has 0 saturated heterocycles. The third-order valence-corrected chi connectivity index (χ3v) is 11.3. The van der Waals surface area contributed by atoms with Crippen LogP contribution in [0.15, 0.2) is 116 Å². The summed E-state index contributed by atoms with van der Waals surface area (Å²) in [6.45, 7) is 0. The Kier molecular flexibility index (Phi) is 11.1. The van der Waals surface area contributed by atoms with E-state index in [-0.39, 0.29) is 54.4 Å². The highest BCUT2D eigenvalue weighted by Gasteiger charge is 2.45. The van der Waals surface area contributed by atoms with Crippen molar-refractivity contribution in [1.82, 2.24) is 15.0 Å². The summed E-state index contributed by atoms with van der Waals surface area (Å²) < 4.78 is 0. The molecule has 0 saturated carbocycles. The highest BCUT2D eigenvalue weighted by molar-refractivity contribution is 6.55. The van der Waals surface area contributed by atoms with Crippen LogP contribution in [0.4, 0.5) is 0 Å². The number of hydrogen-bond acceptors (Lipinski definition) is 9. The van der Waals surface area contributed by atoms with Gasteiger partial charge in [-0.25, -0.2) is 0 Å². The van der Waals surface area contributed by atoms with Crippen molar-refractivity contribution in [2.24, 2.45) is 0 Å². The van der Waals surface area contributed by atoms with Gasteiger partial charge in [-0.05, 0) is 54.6 Å². The van der Waals surface area contributed by atoms with E-state index in [0.29, 0.717) is 44.4 Å². The van der Waals surface area contributed by atoms with Crippen molar-refractivity contribution in [1.29, 1.82) is 0 Å². The zero-order valence-corrected chi connectivity index (χ0v) is 32.2. The minimum absolute atomic E-state index is 0.0109. The first kappa shape index (κ1) is 38.8. The fourth-order valence-corrected chi connectivity index (χ4v) is 7.87. The minimum atomic E-state index is -1.06. The van der Waals surface area contributed by atoms with E-state index in [1.54, 1.807) is 109 Å². The average molecular weight is 842 g/mol. The normalized spacial score (nSPS) is 15.8. The molecule has 276 valence electrons. The van der Waals surface area contributed by atoms with Crippen molar-refractivity contribution in [3.8, 4) is 0 Å². The predicted octanol–water partition coefficient (Wildman–Crippen LogP) is 10.0. The Bertz CT molecular complexity index is 2540. The van der Waals surface area contributed by atoms with E-state index in [1.165, 1.54) is 6.20 Å². The highest BCUT2D eigenvalue weighted by atomic mass is 35.5. The molecule has 3 aliphatic carbocycles. The van der Waals surface area contributed by atoms with E-state index >= 15 is 0 Å². The van der Waals surface area contributed by atoms with Crippen molar-refractivity contribution < 1.29 is 28.8 Å². The molecule has 9 nitrogen and oxygen atoms in total. The molecule has 0 bridgehead atoms. The standard InChI is InChI=1S/C14H5Cl4NO2.C14H8ClNO2.C14H9NO2/c15-9-7-8(10(16)12(18)11(9)17)14(21)6(13(7)20)5-3-1-2-4-19-5;15-8-4-5-9-10(7-8)14(18)12(13(9)17)11-3-1-2-6-16-11;16-13-9-5-1-2-6-10(9)14(17)12(13)11-7-3-4-8-15-11/h1-4,6H;1-7,12H;1-8,12H. The summed E-state index contributed by atoms with van der Waals surface area (Å²) in [5.74, 6) is -4.31. The van der Waals surface area contributed by atoms with Gasteiger partial charge in [-0.1, -0.05) is 100 Å². The number of benzene rings is 3. The maximum Gasteiger partial charge on any atom is 0.182 e. The molecular formula is C42H22Cl5N3O6. The molecule has 0 spiro atoms. The van der Waals surface area contributed by atoms with E-state index < -0.39 is 29.3 Å². The molecule has 0 radical (unpaired) electrons. The minimum Gasteiger partial charge on any atom is -0.293 e. The van der Waals surface area contributed by atoms with Crippen LogP contribution in [0.3, 0.4) is 0 Å². The van der Waals surface area contributed by atoms with Crippen LogP contribution in [-0.2, 0) is 0 Å². The van der Waals surface area contributed by atoms with Gasteiger partial charge in [0.2, 0.25) is 0 Å². The van der Waals surface area contributed by atoms with Crippen molar-refractivity contribution in [3.05, 3.63) is 191 Å². The summed E-state index contributed by atoms with van der Waals surface area (Å²) in [4.78, 5) is 86.1. The van der Waals surface area contributed by atoms with Crippen LogP contribution < -0.4 is 0 Å². The van der Waals surface area contributed by atoms with Gasteiger partial charge in [-0.3, -0.25) is 43.7 Å². The molecule has 1 unspecified atom stereocenters. The summed E-state index contributed by atoms with van der Waals surface area (Å²) >= 11 is 29.9. The monoisotopic (exact) mass is 839 g/mol. The molecule has 3 heterocycles. The zero-order chi connectivity index (χ0) is 39.8. The van der Waals surface area contributed by atoms with Gasteiger partial charge >= 0.3 is 0 Å². The van der Waals surface area contributed by atoms with E-state index in [2.05, 4.69) is 15.0 Å². The van der Waals surface area contributed by atoms with E-state index in [1.807, 2.05) is 0 Å². The van der Waals surface area contributed by atoms with Crippen molar-refractivity contribution in [3.63, 3.8) is 0 Å². The van der Waals surface area contributed by atoms with Gasteiger partial charge in [0.1, 0.15) is 17.8 Å². The predicted molar refractivity (Wildman–Crippen MR) is 211 cm³/mol. The second kappa shape index (κ2) is 16.0. The Labute approximate surface area is 343 Å². The number of ketones is 6. The van der Waals surface area contributed by atoms with Gasteiger partial charge in [-0.15, -0.1) is 0 Å². The Hall–Kier alpha value is -5.42.